The van der Waals surface area contributed by atoms with Gasteiger partial charge in [-0.1, -0.05) is 13.8 Å². The Bertz CT molecular complexity index is 305. The molecule has 5 heteroatoms. The van der Waals surface area contributed by atoms with Crippen molar-refractivity contribution in [1.29, 1.82) is 0 Å². The molecule has 1 rings (SSSR count). The van der Waals surface area contributed by atoms with E-state index < -0.39 is 0 Å². The van der Waals surface area contributed by atoms with E-state index in [4.69, 9.17) is 4.74 Å². The number of rotatable bonds is 6. The van der Waals surface area contributed by atoms with Gasteiger partial charge in [0.2, 0.25) is 5.91 Å². The monoisotopic (exact) mass is 270 g/mol. The van der Waals surface area contributed by atoms with Crippen molar-refractivity contribution in [3.05, 3.63) is 0 Å². The first kappa shape index (κ1) is 16.0. The third kappa shape index (κ3) is 6.05. The van der Waals surface area contributed by atoms with E-state index in [-0.39, 0.29) is 17.8 Å². The molecular weight excluding hydrogens is 244 g/mol. The molecule has 0 aromatic carbocycles. The highest BCUT2D eigenvalue weighted by Crippen LogP contribution is 2.17. The van der Waals surface area contributed by atoms with Crippen LogP contribution in [0.5, 0.6) is 0 Å². The lowest BCUT2D eigenvalue weighted by atomic mass is 9.98. The van der Waals surface area contributed by atoms with Crippen molar-refractivity contribution in [1.82, 2.24) is 10.2 Å². The molecule has 0 radical (unpaired) electrons. The second-order valence-electron chi connectivity index (χ2n) is 5.52. The van der Waals surface area contributed by atoms with E-state index in [0.29, 0.717) is 32.2 Å². The number of amides is 1. The molecule has 19 heavy (non-hydrogen) atoms. The summed E-state index contributed by atoms with van der Waals surface area (Å²) in [6.07, 6.45) is 1.81. The SMILES string of the molecule is CCOC(=O)[C@H]1CCCN(CC(=O)NCC(C)C)C1. The summed E-state index contributed by atoms with van der Waals surface area (Å²) in [5.74, 6) is 0.289. The fraction of sp³-hybridized carbons (Fsp3) is 0.857. The Morgan fingerprint density at radius 2 is 2.16 bits per heavy atom. The van der Waals surface area contributed by atoms with Gasteiger partial charge in [-0.2, -0.15) is 0 Å². The molecule has 1 saturated heterocycles. The van der Waals surface area contributed by atoms with Crippen LogP contribution in [0.2, 0.25) is 0 Å². The van der Waals surface area contributed by atoms with Crippen LogP contribution in [0, 0.1) is 11.8 Å². The lowest BCUT2D eigenvalue weighted by molar-refractivity contribution is -0.150. The number of hydrogen-bond donors (Lipinski definition) is 1. The normalized spacial score (nSPS) is 20.3. The van der Waals surface area contributed by atoms with Gasteiger partial charge in [0.05, 0.1) is 19.1 Å². The van der Waals surface area contributed by atoms with Crippen molar-refractivity contribution in [2.45, 2.75) is 33.6 Å². The minimum Gasteiger partial charge on any atom is -0.466 e. The molecule has 1 atom stereocenters. The summed E-state index contributed by atoms with van der Waals surface area (Å²) in [4.78, 5) is 25.5. The lowest BCUT2D eigenvalue weighted by Crippen LogP contribution is -2.45. The van der Waals surface area contributed by atoms with Crippen LogP contribution >= 0.6 is 0 Å². The molecule has 1 aliphatic rings. The van der Waals surface area contributed by atoms with Gasteiger partial charge in [-0.25, -0.2) is 0 Å². The van der Waals surface area contributed by atoms with Gasteiger partial charge in [0.25, 0.3) is 0 Å². The first-order valence-corrected chi connectivity index (χ1v) is 7.18. The van der Waals surface area contributed by atoms with Crippen LogP contribution in [0.25, 0.3) is 0 Å². The molecule has 5 nitrogen and oxygen atoms in total. The standard InChI is InChI=1S/C14H26N2O3/c1-4-19-14(18)12-6-5-7-16(9-12)10-13(17)15-8-11(2)3/h11-12H,4-10H2,1-3H3,(H,15,17)/t12-/m0/s1. The van der Waals surface area contributed by atoms with E-state index in [1.54, 1.807) is 0 Å². The summed E-state index contributed by atoms with van der Waals surface area (Å²) in [7, 11) is 0. The molecule has 1 fully saturated rings. The second-order valence-corrected chi connectivity index (χ2v) is 5.52. The van der Waals surface area contributed by atoms with E-state index in [2.05, 4.69) is 19.2 Å². The number of nitrogens with zero attached hydrogens (tertiary/aromatic N) is 1. The zero-order chi connectivity index (χ0) is 14.3. The Hall–Kier alpha value is -1.10. The van der Waals surface area contributed by atoms with Crippen molar-refractivity contribution in [3.8, 4) is 0 Å². The van der Waals surface area contributed by atoms with Crippen molar-refractivity contribution in [2.75, 3.05) is 32.8 Å². The molecule has 0 unspecified atom stereocenters. The Morgan fingerprint density at radius 3 is 2.79 bits per heavy atom. The van der Waals surface area contributed by atoms with E-state index in [9.17, 15) is 9.59 Å². The summed E-state index contributed by atoms with van der Waals surface area (Å²) >= 11 is 0. The number of hydrogen-bond acceptors (Lipinski definition) is 4. The third-order valence-corrected chi connectivity index (χ3v) is 3.20. The van der Waals surface area contributed by atoms with Gasteiger partial charge >= 0.3 is 5.97 Å². The van der Waals surface area contributed by atoms with Gasteiger partial charge in [0.1, 0.15) is 0 Å². The molecule has 0 bridgehead atoms. The van der Waals surface area contributed by atoms with E-state index >= 15 is 0 Å². The van der Waals surface area contributed by atoms with Gasteiger partial charge in [-0.3, -0.25) is 14.5 Å². The van der Waals surface area contributed by atoms with Crippen molar-refractivity contribution in [3.63, 3.8) is 0 Å². The zero-order valence-electron chi connectivity index (χ0n) is 12.3. The molecular formula is C14H26N2O3. The molecule has 1 amide bonds. The molecule has 1 N–H and O–H groups in total. The number of piperidine rings is 1. The van der Waals surface area contributed by atoms with Crippen LogP contribution in [0.4, 0.5) is 0 Å². The summed E-state index contributed by atoms with van der Waals surface area (Å²) in [5, 5.41) is 2.90. The average Bonchev–Trinajstić information content (AvgIpc) is 2.37. The van der Waals surface area contributed by atoms with E-state index in [1.165, 1.54) is 0 Å². The molecule has 0 saturated carbocycles. The van der Waals surface area contributed by atoms with Crippen LogP contribution in [-0.2, 0) is 14.3 Å². The molecule has 0 aromatic heterocycles. The Labute approximate surface area is 115 Å². The Balaban J connectivity index is 2.34. The maximum absolute atomic E-state index is 11.7. The molecule has 110 valence electrons. The second kappa shape index (κ2) is 8.15. The molecule has 0 aromatic rings. The topological polar surface area (TPSA) is 58.6 Å². The summed E-state index contributed by atoms with van der Waals surface area (Å²) in [6, 6.07) is 0. The van der Waals surface area contributed by atoms with Crippen molar-refractivity contribution >= 4 is 11.9 Å². The van der Waals surface area contributed by atoms with Gasteiger partial charge < -0.3 is 10.1 Å². The number of carbonyl (C=O) groups is 2. The minimum atomic E-state index is -0.130. The van der Waals surface area contributed by atoms with Gasteiger partial charge in [-0.05, 0) is 32.2 Å². The van der Waals surface area contributed by atoms with Crippen molar-refractivity contribution < 1.29 is 14.3 Å². The van der Waals surface area contributed by atoms with Crippen molar-refractivity contribution in [2.24, 2.45) is 11.8 Å². The largest absolute Gasteiger partial charge is 0.466 e. The Morgan fingerprint density at radius 1 is 1.42 bits per heavy atom. The van der Waals surface area contributed by atoms with Crippen LogP contribution in [0.15, 0.2) is 0 Å². The smallest absolute Gasteiger partial charge is 0.310 e. The van der Waals surface area contributed by atoms with Gasteiger partial charge in [0.15, 0.2) is 0 Å². The molecule has 1 aliphatic heterocycles. The highest BCUT2D eigenvalue weighted by Gasteiger charge is 2.27. The van der Waals surface area contributed by atoms with Gasteiger partial charge in [0, 0.05) is 13.1 Å². The summed E-state index contributed by atoms with van der Waals surface area (Å²) in [5.41, 5.74) is 0. The average molecular weight is 270 g/mol. The maximum Gasteiger partial charge on any atom is 0.310 e. The van der Waals surface area contributed by atoms with E-state index in [1.807, 2.05) is 11.8 Å². The molecule has 1 heterocycles. The van der Waals surface area contributed by atoms with E-state index in [0.717, 1.165) is 19.4 Å². The highest BCUT2D eigenvalue weighted by molar-refractivity contribution is 5.78. The third-order valence-electron chi connectivity index (χ3n) is 3.20. The lowest BCUT2D eigenvalue weighted by Gasteiger charge is -2.30. The van der Waals surface area contributed by atoms with Crippen LogP contribution in [-0.4, -0.2) is 49.6 Å². The predicted octanol–water partition coefficient (Wildman–Crippen LogP) is 1.03. The summed E-state index contributed by atoms with van der Waals surface area (Å²) in [6.45, 7) is 8.97. The number of esters is 1. The minimum absolute atomic E-state index is 0.0400. The van der Waals surface area contributed by atoms with Crippen LogP contribution < -0.4 is 5.32 Å². The predicted molar refractivity (Wildman–Crippen MR) is 73.6 cm³/mol. The molecule has 0 spiro atoms. The first-order chi connectivity index (χ1) is 9.02. The zero-order valence-corrected chi connectivity index (χ0v) is 12.3. The molecule has 0 aliphatic carbocycles. The first-order valence-electron chi connectivity index (χ1n) is 7.18. The number of likely N-dealkylation sites (tertiary alicyclic amines) is 1. The quantitative estimate of drug-likeness (QED) is 0.733. The van der Waals surface area contributed by atoms with Gasteiger partial charge in [-0.15, -0.1) is 0 Å². The summed E-state index contributed by atoms with van der Waals surface area (Å²) < 4.78 is 5.05. The Kier molecular flexibility index (Phi) is 6.84. The van der Waals surface area contributed by atoms with Crippen LogP contribution in [0.3, 0.4) is 0 Å². The van der Waals surface area contributed by atoms with Crippen LogP contribution in [0.1, 0.15) is 33.6 Å². The number of ether oxygens (including phenoxy) is 1. The number of nitrogens with one attached hydrogen (secondary N) is 1. The fourth-order valence-electron chi connectivity index (χ4n) is 2.23. The maximum atomic E-state index is 11.7. The highest BCUT2D eigenvalue weighted by atomic mass is 16.5. The number of carbonyl (C=O) groups excluding carboxylic acids is 2. The fourth-order valence-corrected chi connectivity index (χ4v) is 2.23.